The number of hydrogen-bond donors (Lipinski definition) is 1. The molecule has 3 aromatic carbocycles. The quantitative estimate of drug-likeness (QED) is 0.468. The molecule has 0 saturated carbocycles. The van der Waals surface area contributed by atoms with Crippen LogP contribution in [-0.2, 0) is 23.3 Å². The molecule has 1 amide bonds. The van der Waals surface area contributed by atoms with E-state index < -0.39 is 5.97 Å². The third-order valence-corrected chi connectivity index (χ3v) is 5.53. The first kappa shape index (κ1) is 24.8. The van der Waals surface area contributed by atoms with Crippen LogP contribution < -0.4 is 9.47 Å². The van der Waals surface area contributed by atoms with E-state index in [-0.39, 0.29) is 29.2 Å². The Morgan fingerprint density at radius 1 is 0.882 bits per heavy atom. The molecule has 0 aliphatic rings. The molecule has 3 rings (SSSR count). The summed E-state index contributed by atoms with van der Waals surface area (Å²) in [4.78, 5) is 26.5. The van der Waals surface area contributed by atoms with Crippen molar-refractivity contribution >= 4 is 11.9 Å². The first-order chi connectivity index (χ1) is 16.2. The molecule has 6 nitrogen and oxygen atoms in total. The number of aromatic carboxylic acids is 1. The number of carbonyl (C=O) groups is 2. The van der Waals surface area contributed by atoms with E-state index in [0.717, 1.165) is 11.1 Å². The molecule has 0 unspecified atom stereocenters. The number of benzene rings is 3. The molecular weight excluding hydrogens is 430 g/mol. The van der Waals surface area contributed by atoms with Crippen LogP contribution in [0.2, 0.25) is 0 Å². The zero-order chi connectivity index (χ0) is 24.7. The highest BCUT2D eigenvalue weighted by atomic mass is 16.5. The summed E-state index contributed by atoms with van der Waals surface area (Å²) in [5, 5.41) is 9.46. The first-order valence-electron chi connectivity index (χ1n) is 11.1. The van der Waals surface area contributed by atoms with Crippen molar-refractivity contribution in [2.45, 2.75) is 39.3 Å². The van der Waals surface area contributed by atoms with E-state index in [9.17, 15) is 14.7 Å². The van der Waals surface area contributed by atoms with Gasteiger partial charge in [0.05, 0.1) is 7.11 Å². The van der Waals surface area contributed by atoms with Gasteiger partial charge in [-0.05, 0) is 34.2 Å². The van der Waals surface area contributed by atoms with E-state index in [1.54, 1.807) is 11.0 Å². The molecule has 0 bridgehead atoms. The number of hydrogen-bond acceptors (Lipinski definition) is 4. The lowest BCUT2D eigenvalue weighted by Gasteiger charge is -2.24. The van der Waals surface area contributed by atoms with Gasteiger partial charge in [0.15, 0.2) is 6.61 Å². The Labute approximate surface area is 200 Å². The van der Waals surface area contributed by atoms with Crippen molar-refractivity contribution in [1.82, 2.24) is 4.90 Å². The second kappa shape index (κ2) is 10.9. The summed E-state index contributed by atoms with van der Waals surface area (Å²) in [6.45, 7) is 7.01. The molecule has 0 fully saturated rings. The predicted molar refractivity (Wildman–Crippen MR) is 131 cm³/mol. The molecule has 1 N–H and O–H groups in total. The van der Waals surface area contributed by atoms with Gasteiger partial charge < -0.3 is 19.5 Å². The number of nitrogens with zero attached hydrogens (tertiary/aromatic N) is 1. The molecule has 0 aromatic heterocycles. The minimum absolute atomic E-state index is 0.0269. The van der Waals surface area contributed by atoms with Gasteiger partial charge in [0.2, 0.25) is 0 Å². The second-order valence-electron chi connectivity index (χ2n) is 9.14. The SMILES string of the molecule is COc1ccc(C(=O)O)c(OCC(=O)N(Cc2ccccc2)Cc2ccc(C(C)(C)C)cc2)c1. The van der Waals surface area contributed by atoms with Gasteiger partial charge in [-0.1, -0.05) is 75.4 Å². The molecule has 178 valence electrons. The smallest absolute Gasteiger partial charge is 0.339 e. The zero-order valence-corrected chi connectivity index (χ0v) is 20.1. The van der Waals surface area contributed by atoms with Crippen molar-refractivity contribution < 1.29 is 24.2 Å². The highest BCUT2D eigenvalue weighted by molar-refractivity contribution is 5.91. The average molecular weight is 462 g/mol. The fraction of sp³-hybridized carbons (Fsp3) is 0.286. The van der Waals surface area contributed by atoms with Crippen molar-refractivity contribution in [2.75, 3.05) is 13.7 Å². The summed E-state index contributed by atoms with van der Waals surface area (Å²) in [5.41, 5.74) is 3.24. The van der Waals surface area contributed by atoms with E-state index >= 15 is 0 Å². The standard InChI is InChI=1S/C28H31NO5/c1-28(2,3)22-12-10-21(11-13-22)18-29(17-20-8-6-5-7-9-20)26(30)19-34-25-16-23(33-4)14-15-24(25)27(31)32/h5-16H,17-19H2,1-4H3,(H,31,32). The Bertz CT molecular complexity index is 1120. The van der Waals surface area contributed by atoms with Crippen LogP contribution in [-0.4, -0.2) is 35.6 Å². The third kappa shape index (κ3) is 6.61. The minimum Gasteiger partial charge on any atom is -0.497 e. The van der Waals surface area contributed by atoms with Crippen LogP contribution in [0.15, 0.2) is 72.8 Å². The zero-order valence-electron chi connectivity index (χ0n) is 20.1. The van der Waals surface area contributed by atoms with Crippen LogP contribution in [0, 0.1) is 0 Å². The fourth-order valence-electron chi connectivity index (χ4n) is 3.52. The van der Waals surface area contributed by atoms with Crippen LogP contribution >= 0.6 is 0 Å². The van der Waals surface area contributed by atoms with Gasteiger partial charge in [-0.2, -0.15) is 0 Å². The maximum Gasteiger partial charge on any atom is 0.339 e. The Morgan fingerprint density at radius 3 is 2.06 bits per heavy atom. The van der Waals surface area contributed by atoms with Crippen molar-refractivity contribution in [3.8, 4) is 11.5 Å². The van der Waals surface area contributed by atoms with Crippen LogP contribution in [0.3, 0.4) is 0 Å². The summed E-state index contributed by atoms with van der Waals surface area (Å²) in [6, 6.07) is 22.4. The van der Waals surface area contributed by atoms with Gasteiger partial charge in [-0.15, -0.1) is 0 Å². The summed E-state index contributed by atoms with van der Waals surface area (Å²) in [7, 11) is 1.48. The third-order valence-electron chi connectivity index (χ3n) is 5.53. The van der Waals surface area contributed by atoms with Gasteiger partial charge in [-0.3, -0.25) is 4.79 Å². The second-order valence-corrected chi connectivity index (χ2v) is 9.14. The Hall–Kier alpha value is -3.80. The van der Waals surface area contributed by atoms with Crippen molar-refractivity contribution in [2.24, 2.45) is 0 Å². The number of methoxy groups -OCH3 is 1. The molecule has 6 heteroatoms. The van der Waals surface area contributed by atoms with Crippen LogP contribution in [0.25, 0.3) is 0 Å². The molecule has 34 heavy (non-hydrogen) atoms. The lowest BCUT2D eigenvalue weighted by molar-refractivity contribution is -0.134. The topological polar surface area (TPSA) is 76.1 Å². The van der Waals surface area contributed by atoms with Gasteiger partial charge in [-0.25, -0.2) is 4.79 Å². The molecule has 0 atom stereocenters. The first-order valence-corrected chi connectivity index (χ1v) is 11.1. The molecule has 0 aliphatic heterocycles. The van der Waals surface area contributed by atoms with E-state index in [2.05, 4.69) is 32.9 Å². The van der Waals surface area contributed by atoms with Crippen molar-refractivity contribution in [1.29, 1.82) is 0 Å². The monoisotopic (exact) mass is 461 g/mol. The maximum absolute atomic E-state index is 13.2. The summed E-state index contributed by atoms with van der Waals surface area (Å²) >= 11 is 0. The largest absolute Gasteiger partial charge is 0.497 e. The molecule has 0 aliphatic carbocycles. The Balaban J connectivity index is 1.79. The van der Waals surface area contributed by atoms with E-state index in [4.69, 9.17) is 9.47 Å². The fourth-order valence-corrected chi connectivity index (χ4v) is 3.52. The lowest BCUT2D eigenvalue weighted by atomic mass is 9.87. The van der Waals surface area contributed by atoms with Crippen LogP contribution in [0.4, 0.5) is 0 Å². The number of carboxylic acid groups (broad SMARTS) is 1. The van der Waals surface area contributed by atoms with Crippen molar-refractivity contribution in [3.05, 3.63) is 95.1 Å². The summed E-state index contributed by atoms with van der Waals surface area (Å²) in [5.74, 6) is -0.838. The molecule has 0 heterocycles. The minimum atomic E-state index is -1.13. The van der Waals surface area contributed by atoms with Crippen LogP contribution in [0.1, 0.15) is 47.8 Å². The summed E-state index contributed by atoms with van der Waals surface area (Å²) in [6.07, 6.45) is 0. The number of carbonyl (C=O) groups excluding carboxylic acids is 1. The van der Waals surface area contributed by atoms with Crippen LogP contribution in [0.5, 0.6) is 11.5 Å². The van der Waals surface area contributed by atoms with Gasteiger partial charge in [0, 0.05) is 19.2 Å². The van der Waals surface area contributed by atoms with E-state index in [1.165, 1.54) is 24.8 Å². The Morgan fingerprint density at radius 2 is 1.50 bits per heavy atom. The number of carboxylic acids is 1. The highest BCUT2D eigenvalue weighted by Gasteiger charge is 2.19. The van der Waals surface area contributed by atoms with Gasteiger partial charge in [0.1, 0.15) is 17.1 Å². The molecular formula is C28H31NO5. The molecule has 3 aromatic rings. The molecule has 0 spiro atoms. The predicted octanol–water partition coefficient (Wildman–Crippen LogP) is 5.30. The van der Waals surface area contributed by atoms with E-state index in [1.807, 2.05) is 42.5 Å². The molecule has 0 radical (unpaired) electrons. The molecule has 0 saturated heterocycles. The number of ether oxygens (including phenoxy) is 2. The average Bonchev–Trinajstić information content (AvgIpc) is 2.82. The van der Waals surface area contributed by atoms with Crippen molar-refractivity contribution in [3.63, 3.8) is 0 Å². The highest BCUT2D eigenvalue weighted by Crippen LogP contribution is 2.26. The maximum atomic E-state index is 13.2. The number of rotatable bonds is 9. The Kier molecular flexibility index (Phi) is 7.95. The van der Waals surface area contributed by atoms with Gasteiger partial charge in [0.25, 0.3) is 5.91 Å². The normalized spacial score (nSPS) is 11.1. The van der Waals surface area contributed by atoms with Gasteiger partial charge >= 0.3 is 5.97 Å². The lowest BCUT2D eigenvalue weighted by Crippen LogP contribution is -2.34. The summed E-state index contributed by atoms with van der Waals surface area (Å²) < 4.78 is 10.8. The van der Waals surface area contributed by atoms with E-state index in [0.29, 0.717) is 18.8 Å². The number of amides is 1.